The van der Waals surface area contributed by atoms with Crippen LogP contribution in [0.1, 0.15) is 17.3 Å². The third-order valence-electron chi connectivity index (χ3n) is 3.40. The summed E-state index contributed by atoms with van der Waals surface area (Å²) in [5.74, 6) is -0.114. The van der Waals surface area contributed by atoms with Crippen LogP contribution >= 0.6 is 23.2 Å². The molecule has 0 aliphatic heterocycles. The van der Waals surface area contributed by atoms with Crippen molar-refractivity contribution >= 4 is 29.2 Å². The van der Waals surface area contributed by atoms with Gasteiger partial charge in [0.2, 0.25) is 5.88 Å². The van der Waals surface area contributed by atoms with Gasteiger partial charge in [0.25, 0.3) is 0 Å². The normalized spacial score (nSPS) is 10.7. The first-order chi connectivity index (χ1) is 12.6. The molecule has 0 radical (unpaired) electrons. The van der Waals surface area contributed by atoms with Crippen molar-refractivity contribution in [1.82, 2.24) is 30.0 Å². The van der Waals surface area contributed by atoms with Crippen LogP contribution in [-0.2, 0) is 13.1 Å². The van der Waals surface area contributed by atoms with Crippen molar-refractivity contribution in [3.05, 3.63) is 46.3 Å². The summed E-state index contributed by atoms with van der Waals surface area (Å²) in [6, 6.07) is 4.59. The van der Waals surface area contributed by atoms with Gasteiger partial charge in [0.15, 0.2) is 5.75 Å². The second-order valence-electron chi connectivity index (χ2n) is 5.03. The second kappa shape index (κ2) is 8.15. The van der Waals surface area contributed by atoms with E-state index in [0.29, 0.717) is 19.0 Å². The molecular formula is C15H14Cl2N6O3. The molecule has 0 saturated carbocycles. The summed E-state index contributed by atoms with van der Waals surface area (Å²) >= 11 is 12.4. The molecule has 0 saturated heterocycles. The summed E-state index contributed by atoms with van der Waals surface area (Å²) in [4.78, 5) is 12.4. The third kappa shape index (κ3) is 3.94. The van der Waals surface area contributed by atoms with E-state index in [-0.39, 0.29) is 28.0 Å². The molecule has 26 heavy (non-hydrogen) atoms. The van der Waals surface area contributed by atoms with Crippen LogP contribution in [0.25, 0.3) is 0 Å². The van der Waals surface area contributed by atoms with Gasteiger partial charge in [-0.15, -0.1) is 5.10 Å². The lowest BCUT2D eigenvalue weighted by molar-refractivity contribution is 0.0718. The highest BCUT2D eigenvalue weighted by atomic mass is 35.5. The van der Waals surface area contributed by atoms with Crippen molar-refractivity contribution in [2.75, 3.05) is 6.61 Å². The molecular weight excluding hydrogens is 383 g/mol. The van der Waals surface area contributed by atoms with E-state index in [1.165, 1.54) is 23.1 Å². The number of halogens is 2. The van der Waals surface area contributed by atoms with Gasteiger partial charge in [-0.2, -0.15) is 5.10 Å². The van der Waals surface area contributed by atoms with E-state index in [9.17, 15) is 4.79 Å². The van der Waals surface area contributed by atoms with Crippen LogP contribution in [0, 0.1) is 0 Å². The van der Waals surface area contributed by atoms with E-state index >= 15 is 0 Å². The Labute approximate surface area is 158 Å². The minimum atomic E-state index is -0.632. The van der Waals surface area contributed by atoms with Crippen molar-refractivity contribution in [3.63, 3.8) is 0 Å². The summed E-state index contributed by atoms with van der Waals surface area (Å²) in [7, 11) is 0. The van der Waals surface area contributed by atoms with Gasteiger partial charge < -0.3 is 9.47 Å². The predicted molar refractivity (Wildman–Crippen MR) is 92.6 cm³/mol. The number of carbonyl (C=O) groups excluding carboxylic acids is 1. The average molecular weight is 397 g/mol. The maximum Gasteiger partial charge on any atom is 0.346 e. The highest BCUT2D eigenvalue weighted by Crippen LogP contribution is 2.36. The van der Waals surface area contributed by atoms with E-state index in [0.717, 1.165) is 0 Å². The molecule has 2 aromatic heterocycles. The first-order valence-corrected chi connectivity index (χ1v) is 8.41. The SMILES string of the molecule is CCn1nccc1OC(=O)c1ccc(Cl)c(OCCn2cnnn2)c1Cl. The molecule has 0 aliphatic rings. The number of aryl methyl sites for hydroxylation is 1. The standard InChI is InChI=1S/C15H14Cl2N6O3/c1-2-23-12(5-6-19-23)26-15(24)10-3-4-11(16)14(13(10)17)25-8-7-22-9-18-20-21-22/h3-6,9H,2,7-8H2,1H3. The van der Waals surface area contributed by atoms with Crippen LogP contribution in [0.2, 0.25) is 10.0 Å². The van der Waals surface area contributed by atoms with Gasteiger partial charge in [0.05, 0.1) is 28.4 Å². The quantitative estimate of drug-likeness (QED) is 0.565. The molecule has 0 bridgehead atoms. The lowest BCUT2D eigenvalue weighted by Crippen LogP contribution is -2.14. The van der Waals surface area contributed by atoms with Gasteiger partial charge in [-0.3, -0.25) is 0 Å². The fourth-order valence-corrected chi connectivity index (χ4v) is 2.70. The van der Waals surface area contributed by atoms with E-state index < -0.39 is 5.97 Å². The molecule has 0 spiro atoms. The number of hydrogen-bond donors (Lipinski definition) is 0. The Morgan fingerprint density at radius 1 is 1.27 bits per heavy atom. The van der Waals surface area contributed by atoms with Crippen molar-refractivity contribution in [3.8, 4) is 11.6 Å². The van der Waals surface area contributed by atoms with Crippen LogP contribution < -0.4 is 9.47 Å². The van der Waals surface area contributed by atoms with Crippen LogP contribution in [0.5, 0.6) is 11.6 Å². The Bertz CT molecular complexity index is 897. The lowest BCUT2D eigenvalue weighted by atomic mass is 10.2. The first-order valence-electron chi connectivity index (χ1n) is 7.65. The fraction of sp³-hybridized carbons (Fsp3) is 0.267. The van der Waals surface area contributed by atoms with Crippen molar-refractivity contribution in [1.29, 1.82) is 0 Å². The van der Waals surface area contributed by atoms with Gasteiger partial charge in [-0.25, -0.2) is 14.2 Å². The lowest BCUT2D eigenvalue weighted by Gasteiger charge is -2.13. The highest BCUT2D eigenvalue weighted by molar-refractivity contribution is 6.39. The molecule has 0 unspecified atom stereocenters. The van der Waals surface area contributed by atoms with Crippen LogP contribution in [0.3, 0.4) is 0 Å². The summed E-state index contributed by atoms with van der Waals surface area (Å²) < 4.78 is 14.0. The first kappa shape index (κ1) is 18.2. The molecule has 136 valence electrons. The molecule has 0 N–H and O–H groups in total. The summed E-state index contributed by atoms with van der Waals surface area (Å²) in [5, 5.41) is 15.2. The van der Waals surface area contributed by atoms with E-state index in [2.05, 4.69) is 20.6 Å². The number of tetrazole rings is 1. The molecule has 3 rings (SSSR count). The number of hydrogen-bond acceptors (Lipinski definition) is 7. The molecule has 3 aromatic rings. The van der Waals surface area contributed by atoms with Gasteiger partial charge in [0, 0.05) is 12.6 Å². The van der Waals surface area contributed by atoms with Gasteiger partial charge in [-0.05, 0) is 29.5 Å². The smallest absolute Gasteiger partial charge is 0.346 e. The van der Waals surface area contributed by atoms with E-state index in [1.807, 2.05) is 6.92 Å². The second-order valence-corrected chi connectivity index (χ2v) is 5.82. The monoisotopic (exact) mass is 396 g/mol. The summed E-state index contributed by atoms with van der Waals surface area (Å²) in [6.45, 7) is 3.06. The third-order valence-corrected chi connectivity index (χ3v) is 4.07. The number of esters is 1. The Kier molecular flexibility index (Phi) is 5.69. The van der Waals surface area contributed by atoms with Crippen molar-refractivity contribution in [2.24, 2.45) is 0 Å². The minimum Gasteiger partial charge on any atom is -0.488 e. The zero-order valence-corrected chi connectivity index (χ0v) is 15.2. The zero-order valence-electron chi connectivity index (χ0n) is 13.7. The fourth-order valence-electron chi connectivity index (χ4n) is 2.14. The maximum absolute atomic E-state index is 12.4. The Morgan fingerprint density at radius 3 is 2.85 bits per heavy atom. The molecule has 0 fully saturated rings. The number of ether oxygens (including phenoxy) is 2. The van der Waals surface area contributed by atoms with Crippen molar-refractivity contribution in [2.45, 2.75) is 20.0 Å². The van der Waals surface area contributed by atoms with Crippen molar-refractivity contribution < 1.29 is 14.3 Å². The number of nitrogens with zero attached hydrogens (tertiary/aromatic N) is 6. The molecule has 0 aliphatic carbocycles. The van der Waals surface area contributed by atoms with Gasteiger partial charge in [-0.1, -0.05) is 23.2 Å². The molecule has 2 heterocycles. The minimum absolute atomic E-state index is 0.0711. The molecule has 0 amide bonds. The average Bonchev–Trinajstić information content (AvgIpc) is 3.29. The van der Waals surface area contributed by atoms with Gasteiger partial charge in [0.1, 0.15) is 12.9 Å². The number of aromatic nitrogens is 6. The van der Waals surface area contributed by atoms with Crippen LogP contribution in [0.15, 0.2) is 30.7 Å². The zero-order chi connectivity index (χ0) is 18.5. The molecule has 1 aromatic carbocycles. The van der Waals surface area contributed by atoms with Gasteiger partial charge >= 0.3 is 5.97 Å². The number of rotatable bonds is 7. The Morgan fingerprint density at radius 2 is 2.12 bits per heavy atom. The van der Waals surface area contributed by atoms with Crippen LogP contribution in [-0.4, -0.2) is 42.6 Å². The number of carbonyl (C=O) groups is 1. The molecule has 9 nitrogen and oxygen atoms in total. The Balaban J connectivity index is 1.74. The molecule has 11 heteroatoms. The Hall–Kier alpha value is -2.65. The van der Waals surface area contributed by atoms with E-state index in [4.69, 9.17) is 32.7 Å². The molecule has 0 atom stereocenters. The topological polar surface area (TPSA) is 97.0 Å². The highest BCUT2D eigenvalue weighted by Gasteiger charge is 2.20. The summed E-state index contributed by atoms with van der Waals surface area (Å²) in [5.41, 5.74) is 0.136. The predicted octanol–water partition coefficient (Wildman–Crippen LogP) is 2.49. The van der Waals surface area contributed by atoms with Crippen LogP contribution in [0.4, 0.5) is 0 Å². The maximum atomic E-state index is 12.4. The summed E-state index contributed by atoms with van der Waals surface area (Å²) in [6.07, 6.45) is 3.00. The number of benzene rings is 1. The van der Waals surface area contributed by atoms with E-state index in [1.54, 1.807) is 16.9 Å². The largest absolute Gasteiger partial charge is 0.488 e.